The van der Waals surface area contributed by atoms with Gasteiger partial charge in [-0.05, 0) is 49.1 Å². The third-order valence-electron chi connectivity index (χ3n) is 10.1. The summed E-state index contributed by atoms with van der Waals surface area (Å²) < 4.78 is 10.5. The monoisotopic (exact) mass is 707 g/mol. The molecular formula is C40H49N7O5. The van der Waals surface area contributed by atoms with Crippen molar-refractivity contribution in [2.45, 2.75) is 71.0 Å². The molecule has 2 aromatic carbocycles. The molecule has 0 aliphatic carbocycles. The number of allylic oxidation sites excluding steroid dienone is 1. The highest BCUT2D eigenvalue weighted by molar-refractivity contribution is 5.86. The molecule has 6 rings (SSSR count). The normalized spacial score (nSPS) is 21.1. The molecule has 4 aromatic rings. The number of rotatable bonds is 8. The number of benzene rings is 2. The molecule has 4 heterocycles. The predicted molar refractivity (Wildman–Crippen MR) is 199 cm³/mol. The zero-order valence-electron chi connectivity index (χ0n) is 30.4. The van der Waals surface area contributed by atoms with Gasteiger partial charge in [-0.3, -0.25) is 9.59 Å². The maximum absolute atomic E-state index is 13.2. The molecule has 0 spiro atoms. The van der Waals surface area contributed by atoms with Crippen molar-refractivity contribution < 1.29 is 23.9 Å². The van der Waals surface area contributed by atoms with E-state index in [1.807, 2.05) is 48.5 Å². The van der Waals surface area contributed by atoms with Crippen molar-refractivity contribution in [3.8, 4) is 33.6 Å². The molecule has 0 saturated carbocycles. The molecule has 2 aliphatic heterocycles. The van der Waals surface area contributed by atoms with Gasteiger partial charge in [0, 0.05) is 42.6 Å². The molecule has 0 bridgehead atoms. The fourth-order valence-corrected chi connectivity index (χ4v) is 6.67. The standard InChI is InChI=1S/C40H49N7O5/c1-25(2)26(3)39(49)47-20-8-10-35(47)37-42-24-34(44-37)30-17-13-28(14-18-30)27-11-15-29(16-12-27)33-23-41-36(43-33)31-19-22-52-21-7-5-6-9-32(38(48)45-31)46-40(50)51-4/h5,7,11-18,23-26,31-32,35H,6,8-10,19-22H2,1-4H3,(H,41,43)(H,42,44)(H,45,48)(H,46,50)/b7-5-/t26-,31-,32+,35-/m0/s1. The Morgan fingerprint density at radius 3 is 2.12 bits per heavy atom. The summed E-state index contributed by atoms with van der Waals surface area (Å²) in [6, 6.07) is 15.3. The number of aromatic amines is 2. The number of ether oxygens (including phenoxy) is 2. The fourth-order valence-electron chi connectivity index (χ4n) is 6.67. The van der Waals surface area contributed by atoms with E-state index >= 15 is 0 Å². The Morgan fingerprint density at radius 2 is 1.48 bits per heavy atom. The molecule has 2 aromatic heterocycles. The van der Waals surface area contributed by atoms with Gasteiger partial charge in [-0.1, -0.05) is 81.5 Å². The molecule has 12 heteroatoms. The van der Waals surface area contributed by atoms with Gasteiger partial charge in [0.2, 0.25) is 11.8 Å². The average molecular weight is 708 g/mol. The van der Waals surface area contributed by atoms with Crippen LogP contribution in [0.25, 0.3) is 33.6 Å². The maximum atomic E-state index is 13.2. The van der Waals surface area contributed by atoms with Crippen LogP contribution < -0.4 is 10.6 Å². The lowest BCUT2D eigenvalue weighted by atomic mass is 9.96. The van der Waals surface area contributed by atoms with Gasteiger partial charge < -0.3 is 35.0 Å². The van der Waals surface area contributed by atoms with E-state index in [0.717, 1.165) is 58.9 Å². The Labute approximate surface area is 304 Å². The van der Waals surface area contributed by atoms with Crippen LogP contribution in [-0.4, -0.2) is 75.7 Å². The Balaban J connectivity index is 1.11. The van der Waals surface area contributed by atoms with Crippen LogP contribution in [0.15, 0.2) is 73.1 Å². The quantitative estimate of drug-likeness (QED) is 0.148. The highest BCUT2D eigenvalue weighted by atomic mass is 16.5. The van der Waals surface area contributed by atoms with Crippen molar-refractivity contribution in [2.24, 2.45) is 11.8 Å². The number of amides is 3. The fraction of sp³-hybridized carbons (Fsp3) is 0.425. The Bertz CT molecular complexity index is 1850. The minimum absolute atomic E-state index is 0.0148. The van der Waals surface area contributed by atoms with Crippen molar-refractivity contribution in [3.05, 3.63) is 84.7 Å². The highest BCUT2D eigenvalue weighted by Gasteiger charge is 2.35. The summed E-state index contributed by atoms with van der Waals surface area (Å²) in [5.74, 6) is 1.63. The second-order valence-electron chi connectivity index (χ2n) is 13.9. The summed E-state index contributed by atoms with van der Waals surface area (Å²) >= 11 is 0. The first-order valence-electron chi connectivity index (χ1n) is 18.2. The number of carbonyl (C=O) groups excluding carboxylic acids is 3. The first-order valence-corrected chi connectivity index (χ1v) is 18.2. The van der Waals surface area contributed by atoms with E-state index in [-0.39, 0.29) is 23.8 Å². The van der Waals surface area contributed by atoms with Gasteiger partial charge in [0.1, 0.15) is 17.7 Å². The largest absolute Gasteiger partial charge is 0.453 e. The van der Waals surface area contributed by atoms with Gasteiger partial charge in [-0.2, -0.15) is 0 Å². The summed E-state index contributed by atoms with van der Waals surface area (Å²) in [6.45, 7) is 7.87. The topological polar surface area (TPSA) is 154 Å². The van der Waals surface area contributed by atoms with E-state index in [2.05, 4.69) is 70.8 Å². The van der Waals surface area contributed by atoms with Crippen LogP contribution in [0.3, 0.4) is 0 Å². The lowest BCUT2D eigenvalue weighted by Crippen LogP contribution is -2.48. The van der Waals surface area contributed by atoms with Gasteiger partial charge in [-0.25, -0.2) is 14.8 Å². The number of methoxy groups -OCH3 is 1. The van der Waals surface area contributed by atoms with Crippen LogP contribution >= 0.6 is 0 Å². The van der Waals surface area contributed by atoms with Crippen molar-refractivity contribution in [3.63, 3.8) is 0 Å². The number of likely N-dealkylation sites (tertiary alicyclic amines) is 1. The molecule has 4 N–H and O–H groups in total. The van der Waals surface area contributed by atoms with Crippen LogP contribution in [0.2, 0.25) is 0 Å². The number of aromatic nitrogens is 4. The number of hydrogen-bond acceptors (Lipinski definition) is 7. The number of H-pyrrole nitrogens is 2. The van der Waals surface area contributed by atoms with Gasteiger partial charge >= 0.3 is 6.09 Å². The zero-order chi connectivity index (χ0) is 36.6. The molecule has 52 heavy (non-hydrogen) atoms. The molecular weight excluding hydrogens is 658 g/mol. The summed E-state index contributed by atoms with van der Waals surface area (Å²) in [5.41, 5.74) is 5.69. The Hall–Kier alpha value is -5.23. The molecule has 274 valence electrons. The van der Waals surface area contributed by atoms with Gasteiger partial charge in [-0.15, -0.1) is 0 Å². The minimum atomic E-state index is -0.744. The maximum Gasteiger partial charge on any atom is 0.407 e. The second-order valence-corrected chi connectivity index (χ2v) is 13.9. The lowest BCUT2D eigenvalue weighted by molar-refractivity contribution is -0.137. The number of imidazole rings is 2. The smallest absolute Gasteiger partial charge is 0.407 e. The van der Waals surface area contributed by atoms with Crippen molar-refractivity contribution in [1.82, 2.24) is 35.5 Å². The van der Waals surface area contributed by atoms with Gasteiger partial charge in [0.05, 0.1) is 37.2 Å². The van der Waals surface area contributed by atoms with Gasteiger partial charge in [0.15, 0.2) is 0 Å². The first kappa shape index (κ1) is 36.6. The molecule has 1 saturated heterocycles. The first-order chi connectivity index (χ1) is 25.2. The van der Waals surface area contributed by atoms with Crippen LogP contribution in [0, 0.1) is 11.8 Å². The van der Waals surface area contributed by atoms with E-state index in [9.17, 15) is 14.4 Å². The zero-order valence-corrected chi connectivity index (χ0v) is 30.4. The summed E-state index contributed by atoms with van der Waals surface area (Å²) in [5, 5.41) is 5.68. The lowest BCUT2D eigenvalue weighted by Gasteiger charge is -2.27. The summed E-state index contributed by atoms with van der Waals surface area (Å²) in [7, 11) is 1.28. The van der Waals surface area contributed by atoms with Crippen LogP contribution in [0.4, 0.5) is 4.79 Å². The number of alkyl carbamates (subject to hydrolysis) is 1. The summed E-state index contributed by atoms with van der Waals surface area (Å²) in [4.78, 5) is 56.7. The Kier molecular flexibility index (Phi) is 11.9. The van der Waals surface area contributed by atoms with Crippen molar-refractivity contribution in [1.29, 1.82) is 0 Å². The molecule has 0 unspecified atom stereocenters. The van der Waals surface area contributed by atoms with Crippen LogP contribution in [0.1, 0.15) is 76.6 Å². The van der Waals surface area contributed by atoms with E-state index in [4.69, 9.17) is 19.4 Å². The molecule has 1 fully saturated rings. The number of nitrogens with one attached hydrogen (secondary N) is 4. The SMILES string of the molecule is COC(=O)N[C@@H]1CC/C=C\COCC[C@@H](c2nc(-c3ccc(-c4ccc(-c5c[nH]c([C@@H]6CCCN6C(=O)[C@@H](C)C(C)C)n5)cc4)cc3)c[nH]2)NC1=O. The van der Waals surface area contributed by atoms with Crippen LogP contribution in [0.5, 0.6) is 0 Å². The summed E-state index contributed by atoms with van der Waals surface area (Å²) in [6.07, 6.45) is 10.4. The van der Waals surface area contributed by atoms with Crippen molar-refractivity contribution >= 4 is 17.9 Å². The molecule has 0 radical (unpaired) electrons. The molecule has 2 aliphatic rings. The molecule has 12 nitrogen and oxygen atoms in total. The third kappa shape index (κ3) is 8.62. The van der Waals surface area contributed by atoms with Crippen LogP contribution in [-0.2, 0) is 19.1 Å². The Morgan fingerprint density at radius 1 is 0.865 bits per heavy atom. The van der Waals surface area contributed by atoms with E-state index in [0.29, 0.717) is 44.2 Å². The number of hydrogen-bond donors (Lipinski definition) is 4. The predicted octanol–water partition coefficient (Wildman–Crippen LogP) is 6.73. The van der Waals surface area contributed by atoms with E-state index < -0.39 is 18.2 Å². The molecule has 3 amide bonds. The average Bonchev–Trinajstić information content (AvgIpc) is 3.95. The third-order valence-corrected chi connectivity index (χ3v) is 10.1. The highest BCUT2D eigenvalue weighted by Crippen LogP contribution is 2.34. The number of carbonyl (C=O) groups is 3. The minimum Gasteiger partial charge on any atom is -0.453 e. The second kappa shape index (κ2) is 16.9. The van der Waals surface area contributed by atoms with E-state index in [1.165, 1.54) is 7.11 Å². The molecule has 4 atom stereocenters. The van der Waals surface area contributed by atoms with E-state index in [1.54, 1.807) is 0 Å². The van der Waals surface area contributed by atoms with Gasteiger partial charge in [0.25, 0.3) is 0 Å². The number of nitrogens with zero attached hydrogens (tertiary/aromatic N) is 3. The van der Waals surface area contributed by atoms with Crippen molar-refractivity contribution in [2.75, 3.05) is 26.9 Å².